The molecule has 1 unspecified atom stereocenters. The van der Waals surface area contributed by atoms with E-state index in [1.165, 1.54) is 76.2 Å². The molecular formula is C43H39N3S. The zero-order valence-corrected chi connectivity index (χ0v) is 28.1. The third-order valence-electron chi connectivity index (χ3n) is 10.6. The number of hydrogen-bond acceptors (Lipinski definition) is 4. The van der Waals surface area contributed by atoms with Gasteiger partial charge >= 0.3 is 0 Å². The smallest absolute Gasteiger partial charge is 0.0859 e. The van der Waals surface area contributed by atoms with E-state index in [1.54, 1.807) is 0 Å². The number of nitrogens with zero attached hydrogens (tertiary/aromatic N) is 2. The molecule has 2 heterocycles. The van der Waals surface area contributed by atoms with Crippen LogP contribution in [0.15, 0.2) is 127 Å². The van der Waals surface area contributed by atoms with Crippen molar-refractivity contribution in [3.63, 3.8) is 0 Å². The van der Waals surface area contributed by atoms with Crippen LogP contribution in [0.2, 0.25) is 0 Å². The molecule has 0 saturated carbocycles. The number of nitrogens with one attached hydrogen (secondary N) is 1. The van der Waals surface area contributed by atoms with E-state index >= 15 is 0 Å². The molecule has 4 heteroatoms. The van der Waals surface area contributed by atoms with E-state index in [9.17, 15) is 0 Å². The molecular weight excluding hydrogens is 591 g/mol. The third kappa shape index (κ3) is 4.70. The maximum Gasteiger partial charge on any atom is 0.0859 e. The second-order valence-electron chi connectivity index (χ2n) is 13.8. The quantitative estimate of drug-likeness (QED) is 0.205. The largest absolute Gasteiger partial charge is 0.314 e. The van der Waals surface area contributed by atoms with Crippen LogP contribution in [0.25, 0.3) is 42.4 Å². The van der Waals surface area contributed by atoms with Crippen LogP contribution in [0.1, 0.15) is 49.5 Å². The zero-order chi connectivity index (χ0) is 31.7. The molecule has 2 aliphatic carbocycles. The van der Waals surface area contributed by atoms with Crippen LogP contribution in [-0.2, 0) is 5.41 Å². The monoisotopic (exact) mass is 629 g/mol. The summed E-state index contributed by atoms with van der Waals surface area (Å²) in [5.74, 6) is 0. The normalized spacial score (nSPS) is 18.4. The summed E-state index contributed by atoms with van der Waals surface area (Å²) in [4.78, 5) is 4.84. The van der Waals surface area contributed by atoms with E-state index < -0.39 is 0 Å². The highest BCUT2D eigenvalue weighted by atomic mass is 32.1. The van der Waals surface area contributed by atoms with Crippen molar-refractivity contribution in [3.05, 3.63) is 144 Å². The van der Waals surface area contributed by atoms with Crippen LogP contribution in [-0.4, -0.2) is 25.0 Å². The lowest BCUT2D eigenvalue weighted by Crippen LogP contribution is -2.24. The van der Waals surface area contributed by atoms with Gasteiger partial charge < -0.3 is 4.90 Å². The first-order valence-corrected chi connectivity index (χ1v) is 17.7. The fraction of sp³-hybridized carbons (Fsp3) is 0.209. The van der Waals surface area contributed by atoms with Gasteiger partial charge in [-0.3, -0.25) is 10.2 Å². The van der Waals surface area contributed by atoms with E-state index in [0.717, 1.165) is 25.9 Å². The molecule has 1 atom stereocenters. The highest BCUT2D eigenvalue weighted by Crippen LogP contribution is 2.51. The lowest BCUT2D eigenvalue weighted by Gasteiger charge is -2.29. The summed E-state index contributed by atoms with van der Waals surface area (Å²) in [5.41, 5.74) is 13.2. The minimum Gasteiger partial charge on any atom is -0.314 e. The Labute approximate surface area is 281 Å². The molecule has 3 nitrogen and oxygen atoms in total. The number of benzene rings is 5. The second kappa shape index (κ2) is 11.1. The maximum atomic E-state index is 3.67. The van der Waals surface area contributed by atoms with E-state index in [2.05, 4.69) is 157 Å². The Hall–Kier alpha value is -4.48. The Kier molecular flexibility index (Phi) is 6.76. The average Bonchev–Trinajstić information content (AvgIpc) is 3.77. The fourth-order valence-corrected chi connectivity index (χ4v) is 9.12. The van der Waals surface area contributed by atoms with E-state index in [4.69, 9.17) is 0 Å². The van der Waals surface area contributed by atoms with Crippen LogP contribution >= 0.6 is 11.3 Å². The van der Waals surface area contributed by atoms with Gasteiger partial charge in [-0.2, -0.15) is 0 Å². The van der Waals surface area contributed by atoms with E-state index in [-0.39, 0.29) is 5.41 Å². The van der Waals surface area contributed by atoms with Crippen molar-refractivity contribution < 1.29 is 0 Å². The number of allylic oxidation sites excluding steroid dienone is 4. The Balaban J connectivity index is 1.11. The fourth-order valence-electron chi connectivity index (χ4n) is 8.06. The minimum atomic E-state index is -0.0637. The minimum absolute atomic E-state index is 0.0637. The highest BCUT2D eigenvalue weighted by molar-refractivity contribution is 7.25. The number of rotatable bonds is 5. The van der Waals surface area contributed by atoms with Crippen molar-refractivity contribution in [1.82, 2.24) is 10.2 Å². The number of hydrogen-bond donors (Lipinski definition) is 1. The van der Waals surface area contributed by atoms with Crippen LogP contribution in [0.4, 0.5) is 11.4 Å². The summed E-state index contributed by atoms with van der Waals surface area (Å²) in [7, 11) is 2.21. The molecule has 1 N–H and O–H groups in total. The maximum absolute atomic E-state index is 3.67. The Bertz CT molecular complexity index is 2240. The first kappa shape index (κ1) is 28.7. The molecule has 0 bridgehead atoms. The van der Waals surface area contributed by atoms with Crippen molar-refractivity contribution >= 4 is 42.9 Å². The van der Waals surface area contributed by atoms with Crippen molar-refractivity contribution in [2.45, 2.75) is 38.3 Å². The molecule has 5 aromatic carbocycles. The topological polar surface area (TPSA) is 18.5 Å². The second-order valence-corrected chi connectivity index (χ2v) is 14.9. The van der Waals surface area contributed by atoms with Crippen molar-refractivity contribution in [2.75, 3.05) is 25.0 Å². The molecule has 9 rings (SSSR count). The van der Waals surface area contributed by atoms with Gasteiger partial charge in [0.25, 0.3) is 0 Å². The summed E-state index contributed by atoms with van der Waals surface area (Å²) in [6.07, 6.45) is 9.11. The molecule has 1 saturated heterocycles. The number of likely N-dealkylation sites (N-methyl/N-ethyl adjacent to an activating group) is 1. The highest BCUT2D eigenvalue weighted by Gasteiger charge is 2.37. The molecule has 0 spiro atoms. The first-order valence-electron chi connectivity index (χ1n) is 16.9. The van der Waals surface area contributed by atoms with Crippen LogP contribution in [0.5, 0.6) is 0 Å². The van der Waals surface area contributed by atoms with Gasteiger partial charge in [0.15, 0.2) is 0 Å². The zero-order valence-electron chi connectivity index (χ0n) is 27.3. The van der Waals surface area contributed by atoms with E-state index in [0.29, 0.717) is 6.17 Å². The molecule has 1 fully saturated rings. The molecule has 0 radical (unpaired) electrons. The third-order valence-corrected chi connectivity index (χ3v) is 11.7. The molecule has 1 aromatic heterocycles. The Morgan fingerprint density at radius 2 is 1.49 bits per heavy atom. The van der Waals surface area contributed by atoms with Crippen LogP contribution in [0, 0.1) is 0 Å². The summed E-state index contributed by atoms with van der Waals surface area (Å²) in [6, 6.07) is 39.1. The van der Waals surface area contributed by atoms with Crippen molar-refractivity contribution in [1.29, 1.82) is 0 Å². The average molecular weight is 630 g/mol. The molecule has 47 heavy (non-hydrogen) atoms. The van der Waals surface area contributed by atoms with Gasteiger partial charge in [0.2, 0.25) is 0 Å². The van der Waals surface area contributed by atoms with Gasteiger partial charge in [0.05, 0.1) is 6.17 Å². The summed E-state index contributed by atoms with van der Waals surface area (Å²) < 4.78 is 2.66. The Morgan fingerprint density at radius 3 is 2.26 bits per heavy atom. The van der Waals surface area contributed by atoms with Gasteiger partial charge in [-0.05, 0) is 113 Å². The first-order chi connectivity index (χ1) is 23.0. The van der Waals surface area contributed by atoms with Gasteiger partial charge in [0, 0.05) is 55.7 Å². The van der Waals surface area contributed by atoms with Crippen LogP contribution in [0.3, 0.4) is 0 Å². The van der Waals surface area contributed by atoms with Gasteiger partial charge in [0.1, 0.15) is 0 Å². The Morgan fingerprint density at radius 1 is 0.766 bits per heavy atom. The summed E-state index contributed by atoms with van der Waals surface area (Å²) in [5, 5.41) is 6.32. The molecule has 232 valence electrons. The summed E-state index contributed by atoms with van der Waals surface area (Å²) in [6.45, 7) is 6.91. The lowest BCUT2D eigenvalue weighted by atomic mass is 9.81. The lowest BCUT2D eigenvalue weighted by molar-refractivity contribution is 0.301. The van der Waals surface area contributed by atoms with Crippen molar-refractivity contribution in [3.8, 4) is 22.3 Å². The van der Waals surface area contributed by atoms with Gasteiger partial charge in [-0.25, -0.2) is 0 Å². The van der Waals surface area contributed by atoms with Gasteiger partial charge in [-0.1, -0.05) is 80.6 Å². The SMILES string of the molecule is CN1CCNC1c1ccc2c(c1)C(C)(C)c1cc(-c3ccc4sc5ccc(N(C6=CC=CCC6)c6ccccc6)cc5c4c3)ccc1-2. The molecule has 1 aliphatic heterocycles. The number of para-hydroxylation sites is 1. The van der Waals surface area contributed by atoms with Crippen molar-refractivity contribution in [2.24, 2.45) is 0 Å². The predicted molar refractivity (Wildman–Crippen MR) is 201 cm³/mol. The standard InChI is InChI=1S/C43H39N3S/c1-43(2)38-25-29(14-18-34(38)35-19-15-30(26-39(35)43)42-44-22-23-45(42)3)28-16-20-40-36(24-28)37-27-33(17-21-41(37)47-40)46(31-10-6-4-7-11-31)32-12-8-5-9-13-32/h4-8,10-12,14-21,24-27,42,44H,9,13,22-23H2,1-3H3. The van der Waals surface area contributed by atoms with Gasteiger partial charge in [-0.15, -0.1) is 11.3 Å². The number of fused-ring (bicyclic) bond motifs is 6. The van der Waals surface area contributed by atoms with E-state index in [1.807, 2.05) is 11.3 Å². The summed E-state index contributed by atoms with van der Waals surface area (Å²) >= 11 is 1.89. The number of thiophene rings is 1. The molecule has 3 aliphatic rings. The predicted octanol–water partition coefficient (Wildman–Crippen LogP) is 10.9. The number of anilines is 2. The van der Waals surface area contributed by atoms with Crippen LogP contribution < -0.4 is 10.2 Å². The molecule has 0 amide bonds. The molecule has 6 aromatic rings.